The third-order valence-electron chi connectivity index (χ3n) is 4.16. The van der Waals surface area contributed by atoms with Crippen molar-refractivity contribution < 1.29 is 4.79 Å². The van der Waals surface area contributed by atoms with Gasteiger partial charge in [-0.25, -0.2) is 0 Å². The van der Waals surface area contributed by atoms with E-state index in [-0.39, 0.29) is 12.0 Å². The zero-order valence-electron chi connectivity index (χ0n) is 12.6. The van der Waals surface area contributed by atoms with E-state index in [9.17, 15) is 4.79 Å². The summed E-state index contributed by atoms with van der Waals surface area (Å²) < 4.78 is 0. The van der Waals surface area contributed by atoms with E-state index in [0.717, 1.165) is 24.1 Å². The first kappa shape index (κ1) is 14.9. The predicted molar refractivity (Wildman–Crippen MR) is 83.1 cm³/mol. The van der Waals surface area contributed by atoms with Crippen LogP contribution in [0.15, 0.2) is 24.3 Å². The van der Waals surface area contributed by atoms with Crippen molar-refractivity contribution in [1.82, 2.24) is 4.90 Å². The van der Waals surface area contributed by atoms with E-state index in [0.29, 0.717) is 12.5 Å². The Hall–Kier alpha value is -1.51. The van der Waals surface area contributed by atoms with Gasteiger partial charge in [-0.05, 0) is 44.4 Å². The molecule has 1 aliphatic rings. The summed E-state index contributed by atoms with van der Waals surface area (Å²) in [6, 6.07) is 8.06. The molecule has 20 heavy (non-hydrogen) atoms. The second kappa shape index (κ2) is 6.78. The van der Waals surface area contributed by atoms with Gasteiger partial charge in [-0.1, -0.05) is 31.4 Å². The molecule has 0 saturated heterocycles. The van der Waals surface area contributed by atoms with E-state index < -0.39 is 0 Å². The highest BCUT2D eigenvalue weighted by atomic mass is 16.2. The number of carbonyl (C=O) groups is 1. The molecule has 2 rings (SSSR count). The van der Waals surface area contributed by atoms with Gasteiger partial charge in [-0.15, -0.1) is 0 Å². The molecule has 0 radical (unpaired) electrons. The van der Waals surface area contributed by atoms with Gasteiger partial charge < -0.3 is 10.6 Å². The van der Waals surface area contributed by atoms with Crippen LogP contribution in [0, 0.1) is 5.92 Å². The molecule has 1 aliphatic carbocycles. The van der Waals surface area contributed by atoms with Crippen molar-refractivity contribution in [2.24, 2.45) is 5.92 Å². The maximum absolute atomic E-state index is 12.7. The van der Waals surface area contributed by atoms with Crippen molar-refractivity contribution in [3.63, 3.8) is 0 Å². The lowest BCUT2D eigenvalue weighted by Gasteiger charge is -2.32. The summed E-state index contributed by atoms with van der Waals surface area (Å²) in [6.07, 6.45) is 5.78. The fraction of sp³-hybridized carbons (Fsp3) is 0.588. The first-order valence-electron chi connectivity index (χ1n) is 7.73. The minimum Gasteiger partial charge on any atom is -0.399 e. The highest BCUT2D eigenvalue weighted by Crippen LogP contribution is 2.27. The average Bonchev–Trinajstić information content (AvgIpc) is 2.45. The summed E-state index contributed by atoms with van der Waals surface area (Å²) in [5.74, 6) is 0.550. The minimum absolute atomic E-state index is 0.228. The number of rotatable bonds is 4. The summed E-state index contributed by atoms with van der Waals surface area (Å²) in [4.78, 5) is 14.7. The lowest BCUT2D eigenvalue weighted by molar-refractivity contribution is -0.139. The third kappa shape index (κ3) is 3.75. The number of carbonyl (C=O) groups excluding carboxylic acids is 1. The molecule has 0 atom stereocenters. The quantitative estimate of drug-likeness (QED) is 0.853. The summed E-state index contributed by atoms with van der Waals surface area (Å²) in [5, 5.41) is 0. The Kier molecular flexibility index (Phi) is 5.05. The van der Waals surface area contributed by atoms with Crippen LogP contribution in [0.3, 0.4) is 0 Å². The number of amides is 1. The van der Waals surface area contributed by atoms with Gasteiger partial charge in [0.1, 0.15) is 0 Å². The molecule has 0 spiro atoms. The van der Waals surface area contributed by atoms with Crippen LogP contribution in [0.5, 0.6) is 0 Å². The van der Waals surface area contributed by atoms with E-state index in [1.165, 1.54) is 19.3 Å². The molecule has 1 fully saturated rings. The van der Waals surface area contributed by atoms with Crippen LogP contribution in [-0.2, 0) is 11.3 Å². The topological polar surface area (TPSA) is 46.3 Å². The number of anilines is 1. The lowest BCUT2D eigenvalue weighted by Crippen LogP contribution is -2.41. The van der Waals surface area contributed by atoms with E-state index in [1.54, 1.807) is 0 Å². The summed E-state index contributed by atoms with van der Waals surface area (Å²) in [7, 11) is 0. The zero-order chi connectivity index (χ0) is 14.5. The Morgan fingerprint density at radius 1 is 1.30 bits per heavy atom. The first-order chi connectivity index (χ1) is 9.58. The molecule has 0 unspecified atom stereocenters. The van der Waals surface area contributed by atoms with Crippen LogP contribution in [-0.4, -0.2) is 16.8 Å². The Labute approximate surface area is 122 Å². The molecule has 3 nitrogen and oxygen atoms in total. The van der Waals surface area contributed by atoms with Crippen LogP contribution in [0.1, 0.15) is 51.5 Å². The standard InChI is InChI=1S/C17H26N2O/c1-13(2)19(12-14-7-6-10-16(18)11-14)17(20)15-8-4-3-5-9-15/h6-7,10-11,13,15H,3-5,8-9,12,18H2,1-2H3. The molecule has 0 bridgehead atoms. The second-order valence-corrected chi connectivity index (χ2v) is 6.14. The zero-order valence-corrected chi connectivity index (χ0v) is 12.6. The van der Waals surface area contributed by atoms with Gasteiger partial charge in [0.05, 0.1) is 0 Å². The van der Waals surface area contributed by atoms with Gasteiger partial charge >= 0.3 is 0 Å². The van der Waals surface area contributed by atoms with Crippen molar-refractivity contribution in [3.05, 3.63) is 29.8 Å². The van der Waals surface area contributed by atoms with Crippen molar-refractivity contribution in [3.8, 4) is 0 Å². The second-order valence-electron chi connectivity index (χ2n) is 6.14. The van der Waals surface area contributed by atoms with E-state index in [2.05, 4.69) is 13.8 Å². The largest absolute Gasteiger partial charge is 0.399 e. The van der Waals surface area contributed by atoms with Gasteiger partial charge in [0, 0.05) is 24.2 Å². The molecule has 0 aliphatic heterocycles. The van der Waals surface area contributed by atoms with Crippen LogP contribution in [0.25, 0.3) is 0 Å². The minimum atomic E-state index is 0.228. The fourth-order valence-electron chi connectivity index (χ4n) is 2.99. The number of hydrogen-bond donors (Lipinski definition) is 1. The molecule has 1 amide bonds. The Bertz CT molecular complexity index is 450. The molecule has 0 aromatic heterocycles. The van der Waals surface area contributed by atoms with Crippen molar-refractivity contribution in [1.29, 1.82) is 0 Å². The molecule has 0 heterocycles. The monoisotopic (exact) mass is 274 g/mol. The van der Waals surface area contributed by atoms with E-state index in [1.807, 2.05) is 29.2 Å². The maximum atomic E-state index is 12.7. The normalized spacial score (nSPS) is 16.4. The Morgan fingerprint density at radius 2 is 2.00 bits per heavy atom. The molecule has 1 aromatic rings. The average molecular weight is 274 g/mol. The predicted octanol–water partition coefficient (Wildman–Crippen LogP) is 3.59. The molecular weight excluding hydrogens is 248 g/mol. The summed E-state index contributed by atoms with van der Waals surface area (Å²) in [6.45, 7) is 4.85. The van der Waals surface area contributed by atoms with Crippen LogP contribution >= 0.6 is 0 Å². The van der Waals surface area contributed by atoms with Gasteiger partial charge in [-0.3, -0.25) is 4.79 Å². The Balaban J connectivity index is 2.08. The number of hydrogen-bond acceptors (Lipinski definition) is 2. The number of benzene rings is 1. The van der Waals surface area contributed by atoms with Crippen molar-refractivity contribution in [2.75, 3.05) is 5.73 Å². The number of nitrogens with two attached hydrogens (primary N) is 1. The lowest BCUT2D eigenvalue weighted by atomic mass is 9.88. The summed E-state index contributed by atoms with van der Waals surface area (Å²) in [5.41, 5.74) is 7.70. The van der Waals surface area contributed by atoms with E-state index >= 15 is 0 Å². The fourth-order valence-corrected chi connectivity index (χ4v) is 2.99. The number of nitrogens with zero attached hydrogens (tertiary/aromatic N) is 1. The molecule has 1 saturated carbocycles. The van der Waals surface area contributed by atoms with Crippen LogP contribution < -0.4 is 5.73 Å². The van der Waals surface area contributed by atoms with Crippen molar-refractivity contribution in [2.45, 2.75) is 58.5 Å². The molecule has 110 valence electrons. The highest BCUT2D eigenvalue weighted by Gasteiger charge is 2.27. The first-order valence-corrected chi connectivity index (χ1v) is 7.73. The molecule has 2 N–H and O–H groups in total. The SMILES string of the molecule is CC(C)N(Cc1cccc(N)c1)C(=O)C1CCCCC1. The van der Waals surface area contributed by atoms with Gasteiger partial charge in [-0.2, -0.15) is 0 Å². The van der Waals surface area contributed by atoms with Gasteiger partial charge in [0.25, 0.3) is 0 Å². The van der Waals surface area contributed by atoms with Gasteiger partial charge in [0.15, 0.2) is 0 Å². The van der Waals surface area contributed by atoms with E-state index in [4.69, 9.17) is 5.73 Å². The third-order valence-corrected chi connectivity index (χ3v) is 4.16. The van der Waals surface area contributed by atoms with Crippen LogP contribution in [0.4, 0.5) is 5.69 Å². The summed E-state index contributed by atoms with van der Waals surface area (Å²) >= 11 is 0. The molecule has 3 heteroatoms. The number of nitrogen functional groups attached to an aromatic ring is 1. The maximum Gasteiger partial charge on any atom is 0.226 e. The van der Waals surface area contributed by atoms with Crippen LogP contribution in [0.2, 0.25) is 0 Å². The van der Waals surface area contributed by atoms with Gasteiger partial charge in [0.2, 0.25) is 5.91 Å². The molecular formula is C17H26N2O. The highest BCUT2D eigenvalue weighted by molar-refractivity contribution is 5.79. The van der Waals surface area contributed by atoms with Crippen molar-refractivity contribution >= 4 is 11.6 Å². The Morgan fingerprint density at radius 3 is 2.60 bits per heavy atom. The smallest absolute Gasteiger partial charge is 0.226 e. The molecule has 1 aromatic carbocycles.